The number of pyridine rings is 1. The molecule has 0 spiro atoms. The zero-order chi connectivity index (χ0) is 22.1. The topological polar surface area (TPSA) is 94.6 Å². The summed E-state index contributed by atoms with van der Waals surface area (Å²) >= 11 is 0. The number of carbonyl (C=O) groups is 2. The first-order valence-electron chi connectivity index (χ1n) is 11.6. The van der Waals surface area contributed by atoms with E-state index in [0.29, 0.717) is 24.7 Å². The quantitative estimate of drug-likeness (QED) is 0.591. The average molecular weight is 435 g/mol. The fourth-order valence-corrected chi connectivity index (χ4v) is 5.24. The Balaban J connectivity index is 1.11. The van der Waals surface area contributed by atoms with Gasteiger partial charge in [0.15, 0.2) is 0 Å². The molecule has 1 aromatic heterocycles. The molecule has 3 aliphatic rings. The molecule has 1 saturated carbocycles. The largest absolute Gasteiger partial charge is 0.481 e. The molecule has 1 aromatic carbocycles. The van der Waals surface area contributed by atoms with Crippen molar-refractivity contribution in [1.82, 2.24) is 15.2 Å². The third-order valence-electron chi connectivity index (χ3n) is 7.07. The molecule has 7 heteroatoms. The fourth-order valence-electron chi connectivity index (χ4n) is 5.24. The van der Waals surface area contributed by atoms with E-state index in [1.54, 1.807) is 0 Å². The Bertz CT molecular complexity index is 984. The molecule has 3 heterocycles. The van der Waals surface area contributed by atoms with E-state index in [9.17, 15) is 14.7 Å². The van der Waals surface area contributed by atoms with E-state index in [4.69, 9.17) is 4.98 Å². The van der Waals surface area contributed by atoms with Crippen molar-refractivity contribution in [2.24, 2.45) is 11.8 Å². The molecule has 4 atom stereocenters. The van der Waals surface area contributed by atoms with Crippen LogP contribution in [0.5, 0.6) is 0 Å². The van der Waals surface area contributed by atoms with Gasteiger partial charge in [-0.25, -0.2) is 4.98 Å². The summed E-state index contributed by atoms with van der Waals surface area (Å²) in [6.07, 6.45) is 3.41. The number of nitrogens with zero attached hydrogens (tertiary/aromatic N) is 2. The van der Waals surface area contributed by atoms with Gasteiger partial charge in [-0.05, 0) is 48.3 Å². The molecular weight excluding hydrogens is 404 g/mol. The lowest BCUT2D eigenvalue weighted by molar-refractivity contribution is -0.137. The molecule has 2 aliphatic heterocycles. The molecule has 1 amide bonds. The minimum atomic E-state index is -0.806. The first-order valence-corrected chi connectivity index (χ1v) is 11.6. The van der Waals surface area contributed by atoms with Crippen molar-refractivity contribution >= 4 is 17.7 Å². The Morgan fingerprint density at radius 1 is 1.16 bits per heavy atom. The molecule has 0 bridgehead atoms. The maximum atomic E-state index is 12.8. The lowest BCUT2D eigenvalue weighted by atomic mass is 10.0. The van der Waals surface area contributed by atoms with Crippen LogP contribution in [0.3, 0.4) is 0 Å². The zero-order valence-corrected chi connectivity index (χ0v) is 18.2. The molecular formula is C25H30N4O3. The highest BCUT2D eigenvalue weighted by Gasteiger charge is 2.57. The summed E-state index contributed by atoms with van der Waals surface area (Å²) in [6.45, 7) is 2.48. The van der Waals surface area contributed by atoms with Gasteiger partial charge in [-0.2, -0.15) is 0 Å². The van der Waals surface area contributed by atoms with E-state index in [1.165, 1.54) is 5.56 Å². The van der Waals surface area contributed by atoms with Crippen LogP contribution in [0.1, 0.15) is 42.1 Å². The van der Waals surface area contributed by atoms with Gasteiger partial charge in [0, 0.05) is 43.8 Å². The highest BCUT2D eigenvalue weighted by molar-refractivity contribution is 5.77. The summed E-state index contributed by atoms with van der Waals surface area (Å²) in [5.41, 5.74) is 3.23. The maximum Gasteiger partial charge on any atom is 0.305 e. The number of carboxylic acid groups (broad SMARTS) is 1. The molecule has 32 heavy (non-hydrogen) atoms. The van der Waals surface area contributed by atoms with Crippen molar-refractivity contribution < 1.29 is 14.7 Å². The van der Waals surface area contributed by atoms with Gasteiger partial charge in [-0.1, -0.05) is 36.4 Å². The second kappa shape index (κ2) is 8.90. The Labute approximate surface area is 188 Å². The van der Waals surface area contributed by atoms with E-state index < -0.39 is 5.97 Å². The summed E-state index contributed by atoms with van der Waals surface area (Å²) < 4.78 is 0. The summed E-state index contributed by atoms with van der Waals surface area (Å²) in [4.78, 5) is 30.8. The number of carboxylic acids is 1. The molecule has 2 aromatic rings. The summed E-state index contributed by atoms with van der Waals surface area (Å²) in [6, 6.07) is 14.0. The first kappa shape index (κ1) is 20.9. The SMILES string of the molecule is O=C(O)C[C@@H](NC1[C@H]2CN(C(=O)CCc3ccc4c(n3)NCCC4)C[C@@H]12)c1ccccc1. The Kier molecular flexibility index (Phi) is 5.83. The van der Waals surface area contributed by atoms with Crippen LogP contribution in [0.4, 0.5) is 5.82 Å². The van der Waals surface area contributed by atoms with Crippen LogP contribution in [0.25, 0.3) is 0 Å². The predicted octanol–water partition coefficient (Wildman–Crippen LogP) is 2.63. The third-order valence-corrected chi connectivity index (χ3v) is 7.07. The highest BCUT2D eigenvalue weighted by atomic mass is 16.4. The number of carbonyl (C=O) groups excluding carboxylic acids is 1. The molecule has 5 rings (SSSR count). The highest BCUT2D eigenvalue weighted by Crippen LogP contribution is 2.47. The van der Waals surface area contributed by atoms with Crippen LogP contribution in [-0.2, 0) is 22.4 Å². The van der Waals surface area contributed by atoms with E-state index in [0.717, 1.165) is 49.6 Å². The number of aliphatic carboxylic acids is 1. The third kappa shape index (κ3) is 4.48. The van der Waals surface area contributed by atoms with Crippen molar-refractivity contribution in [1.29, 1.82) is 0 Å². The second-order valence-corrected chi connectivity index (χ2v) is 9.22. The van der Waals surface area contributed by atoms with Gasteiger partial charge in [-0.15, -0.1) is 0 Å². The summed E-state index contributed by atoms with van der Waals surface area (Å²) in [5.74, 6) is 1.20. The van der Waals surface area contributed by atoms with Gasteiger partial charge in [-0.3, -0.25) is 9.59 Å². The minimum Gasteiger partial charge on any atom is -0.481 e. The number of amides is 1. The van der Waals surface area contributed by atoms with Crippen LogP contribution in [0.15, 0.2) is 42.5 Å². The number of hydrogen-bond donors (Lipinski definition) is 3. The van der Waals surface area contributed by atoms with E-state index in [-0.39, 0.29) is 24.4 Å². The van der Waals surface area contributed by atoms with Gasteiger partial charge >= 0.3 is 5.97 Å². The van der Waals surface area contributed by atoms with Crippen molar-refractivity contribution in [3.05, 3.63) is 59.3 Å². The van der Waals surface area contributed by atoms with Crippen molar-refractivity contribution in [3.8, 4) is 0 Å². The number of hydrogen-bond acceptors (Lipinski definition) is 5. The average Bonchev–Trinajstić information content (AvgIpc) is 3.24. The number of aryl methyl sites for hydroxylation is 2. The predicted molar refractivity (Wildman–Crippen MR) is 121 cm³/mol. The summed E-state index contributed by atoms with van der Waals surface area (Å²) in [5, 5.41) is 16.2. The Hall–Kier alpha value is -2.93. The first-order chi connectivity index (χ1) is 15.6. The molecule has 1 saturated heterocycles. The van der Waals surface area contributed by atoms with E-state index >= 15 is 0 Å². The number of likely N-dealkylation sites (tertiary alicyclic amines) is 1. The van der Waals surface area contributed by atoms with Gasteiger partial charge in [0.2, 0.25) is 5.91 Å². The minimum absolute atomic E-state index is 0.0607. The molecule has 7 nitrogen and oxygen atoms in total. The molecule has 0 radical (unpaired) electrons. The summed E-state index contributed by atoms with van der Waals surface area (Å²) in [7, 11) is 0. The standard InChI is InChI=1S/C25H30N4O3/c30-22(11-10-18-9-8-17-7-4-12-26-25(17)27-18)29-14-19-20(15-29)24(19)28-21(13-23(31)32)16-5-2-1-3-6-16/h1-3,5-6,8-9,19-21,24,28H,4,7,10-15H2,(H,26,27)(H,31,32)/t19-,20+,21-,24?/m1/s1. The van der Waals surface area contributed by atoms with Gasteiger partial charge in [0.25, 0.3) is 0 Å². The number of rotatable bonds is 8. The van der Waals surface area contributed by atoms with Crippen molar-refractivity contribution in [2.75, 3.05) is 25.0 Å². The number of benzene rings is 1. The maximum absolute atomic E-state index is 12.8. The fraction of sp³-hybridized carbons (Fsp3) is 0.480. The lowest BCUT2D eigenvalue weighted by Crippen LogP contribution is -2.37. The Morgan fingerprint density at radius 2 is 1.94 bits per heavy atom. The van der Waals surface area contributed by atoms with Gasteiger partial charge in [0.05, 0.1) is 6.42 Å². The van der Waals surface area contributed by atoms with Gasteiger partial charge in [0.1, 0.15) is 5.82 Å². The van der Waals surface area contributed by atoms with Crippen LogP contribution >= 0.6 is 0 Å². The smallest absolute Gasteiger partial charge is 0.305 e. The number of fused-ring (bicyclic) bond motifs is 2. The molecule has 1 aliphatic carbocycles. The molecule has 168 valence electrons. The normalized spacial score (nSPS) is 24.2. The number of nitrogens with one attached hydrogen (secondary N) is 2. The number of aromatic nitrogens is 1. The molecule has 1 unspecified atom stereocenters. The molecule has 3 N–H and O–H groups in total. The number of anilines is 1. The lowest BCUT2D eigenvalue weighted by Gasteiger charge is -2.23. The van der Waals surface area contributed by atoms with Crippen molar-refractivity contribution in [3.63, 3.8) is 0 Å². The zero-order valence-electron chi connectivity index (χ0n) is 18.2. The van der Waals surface area contributed by atoms with E-state index in [2.05, 4.69) is 16.7 Å². The van der Waals surface area contributed by atoms with E-state index in [1.807, 2.05) is 41.3 Å². The number of piperidine rings is 1. The van der Waals surface area contributed by atoms with Crippen molar-refractivity contribution in [2.45, 2.75) is 44.2 Å². The van der Waals surface area contributed by atoms with Crippen LogP contribution < -0.4 is 10.6 Å². The van der Waals surface area contributed by atoms with Gasteiger partial charge < -0.3 is 20.6 Å². The second-order valence-electron chi connectivity index (χ2n) is 9.22. The monoisotopic (exact) mass is 434 g/mol. The molecule has 2 fully saturated rings. The van der Waals surface area contributed by atoms with Crippen LogP contribution in [0.2, 0.25) is 0 Å². The Morgan fingerprint density at radius 3 is 2.69 bits per heavy atom. The van der Waals surface area contributed by atoms with Crippen LogP contribution in [0, 0.1) is 11.8 Å². The van der Waals surface area contributed by atoms with Crippen LogP contribution in [-0.4, -0.2) is 52.5 Å².